The molecule has 0 saturated heterocycles. The third kappa shape index (κ3) is 1.68. The van der Waals surface area contributed by atoms with Gasteiger partial charge >= 0.3 is 0 Å². The molecule has 0 aromatic carbocycles. The normalized spacial score (nSPS) is 13.2. The van der Waals surface area contributed by atoms with Crippen LogP contribution >= 0.6 is 0 Å². The summed E-state index contributed by atoms with van der Waals surface area (Å²) in [5.74, 6) is 0.475. The zero-order chi connectivity index (χ0) is 12.8. The van der Waals surface area contributed by atoms with Gasteiger partial charge in [0.15, 0.2) is 11.5 Å². The van der Waals surface area contributed by atoms with Crippen molar-refractivity contribution in [3.8, 4) is 0 Å². The summed E-state index contributed by atoms with van der Waals surface area (Å²) >= 11 is 0. The van der Waals surface area contributed by atoms with Crippen LogP contribution in [0.3, 0.4) is 0 Å². The van der Waals surface area contributed by atoms with Gasteiger partial charge in [-0.15, -0.1) is 0 Å². The van der Waals surface area contributed by atoms with E-state index < -0.39 is 0 Å². The lowest BCUT2D eigenvalue weighted by molar-refractivity contribution is 0.218. The van der Waals surface area contributed by atoms with Crippen LogP contribution in [0, 0.1) is 5.41 Å². The molecule has 2 rings (SSSR count). The van der Waals surface area contributed by atoms with E-state index in [1.165, 1.54) is 0 Å². The smallest absolute Gasteiger partial charge is 0.180 e. The highest BCUT2D eigenvalue weighted by atomic mass is 15.1. The van der Waals surface area contributed by atoms with Crippen molar-refractivity contribution in [1.29, 1.82) is 0 Å². The van der Waals surface area contributed by atoms with Crippen LogP contribution in [0.25, 0.3) is 5.65 Å². The molecule has 0 radical (unpaired) electrons. The van der Waals surface area contributed by atoms with Gasteiger partial charge in [0.25, 0.3) is 0 Å². The first-order chi connectivity index (χ1) is 7.75. The molecule has 0 aliphatic rings. The molecule has 0 spiro atoms. The highest BCUT2D eigenvalue weighted by Gasteiger charge is 2.36. The molecule has 2 aromatic rings. The standard InChI is InChI=1S/C13H20N4/c1-12(2,3)13(4,5)9-8-16-11-10(14)15-6-7-17(9)11/h6-8H,1-5H3,(H2,14,15). The molecule has 0 unspecified atom stereocenters. The lowest BCUT2D eigenvalue weighted by atomic mass is 9.67. The molecule has 0 amide bonds. The maximum absolute atomic E-state index is 5.83. The molecule has 2 N–H and O–H groups in total. The minimum absolute atomic E-state index is 0.000208. The third-order valence-electron chi connectivity index (χ3n) is 3.97. The fraction of sp³-hybridized carbons (Fsp3) is 0.538. The molecule has 0 atom stereocenters. The zero-order valence-corrected chi connectivity index (χ0v) is 11.2. The Labute approximate surface area is 102 Å². The Morgan fingerprint density at radius 2 is 1.76 bits per heavy atom. The molecule has 4 heteroatoms. The van der Waals surface area contributed by atoms with Gasteiger partial charge in [-0.05, 0) is 5.41 Å². The highest BCUT2D eigenvalue weighted by molar-refractivity contribution is 5.60. The molecule has 0 fully saturated rings. The Morgan fingerprint density at radius 1 is 1.12 bits per heavy atom. The number of nitrogen functional groups attached to an aromatic ring is 1. The van der Waals surface area contributed by atoms with Crippen molar-refractivity contribution in [2.75, 3.05) is 5.73 Å². The van der Waals surface area contributed by atoms with Gasteiger partial charge in [0.2, 0.25) is 0 Å². The van der Waals surface area contributed by atoms with Crippen molar-refractivity contribution in [3.63, 3.8) is 0 Å². The fourth-order valence-corrected chi connectivity index (χ4v) is 1.79. The fourth-order valence-electron chi connectivity index (χ4n) is 1.79. The summed E-state index contributed by atoms with van der Waals surface area (Å²) in [4.78, 5) is 8.43. The van der Waals surface area contributed by atoms with Crippen LogP contribution in [0.15, 0.2) is 18.6 Å². The quantitative estimate of drug-likeness (QED) is 0.822. The summed E-state index contributed by atoms with van der Waals surface area (Å²) in [6.45, 7) is 11.2. The summed E-state index contributed by atoms with van der Waals surface area (Å²) in [6, 6.07) is 0. The number of aromatic nitrogens is 3. The average Bonchev–Trinajstić information content (AvgIpc) is 2.61. The SMILES string of the molecule is CC(C)(C)C(C)(C)c1cnc2c(N)nccn12. The van der Waals surface area contributed by atoms with Crippen molar-refractivity contribution in [1.82, 2.24) is 14.4 Å². The molecule has 2 heterocycles. The van der Waals surface area contributed by atoms with Gasteiger partial charge in [-0.2, -0.15) is 0 Å². The van der Waals surface area contributed by atoms with Crippen LogP contribution in [0.1, 0.15) is 40.3 Å². The second kappa shape index (κ2) is 3.45. The van der Waals surface area contributed by atoms with Crippen molar-refractivity contribution in [3.05, 3.63) is 24.3 Å². The van der Waals surface area contributed by atoms with Crippen molar-refractivity contribution in [2.45, 2.75) is 40.0 Å². The summed E-state index contributed by atoms with van der Waals surface area (Å²) in [6.07, 6.45) is 5.53. The van der Waals surface area contributed by atoms with Gasteiger partial charge in [-0.1, -0.05) is 34.6 Å². The highest BCUT2D eigenvalue weighted by Crippen LogP contribution is 2.40. The molecule has 2 aromatic heterocycles. The van der Waals surface area contributed by atoms with Crippen molar-refractivity contribution < 1.29 is 0 Å². The monoisotopic (exact) mass is 232 g/mol. The van der Waals surface area contributed by atoms with E-state index in [1.54, 1.807) is 6.20 Å². The summed E-state index contributed by atoms with van der Waals surface area (Å²) in [7, 11) is 0. The largest absolute Gasteiger partial charge is 0.381 e. The molecule has 92 valence electrons. The first kappa shape index (κ1) is 11.9. The van der Waals surface area contributed by atoms with Crippen LogP contribution in [0.2, 0.25) is 0 Å². The zero-order valence-electron chi connectivity index (χ0n) is 11.2. The number of imidazole rings is 1. The van der Waals surface area contributed by atoms with Gasteiger partial charge in [0.05, 0.1) is 0 Å². The van der Waals surface area contributed by atoms with Gasteiger partial charge < -0.3 is 5.73 Å². The molecular weight excluding hydrogens is 212 g/mol. The van der Waals surface area contributed by atoms with Crippen LogP contribution in [0.4, 0.5) is 5.82 Å². The number of anilines is 1. The van der Waals surface area contributed by atoms with Gasteiger partial charge in [0, 0.05) is 29.7 Å². The van der Waals surface area contributed by atoms with E-state index >= 15 is 0 Å². The molecule has 4 nitrogen and oxygen atoms in total. The topological polar surface area (TPSA) is 56.2 Å². The lowest BCUT2D eigenvalue weighted by Gasteiger charge is -2.38. The van der Waals surface area contributed by atoms with E-state index in [2.05, 4.69) is 44.6 Å². The van der Waals surface area contributed by atoms with E-state index in [-0.39, 0.29) is 10.8 Å². The maximum atomic E-state index is 5.83. The first-order valence-corrected chi connectivity index (χ1v) is 5.83. The van der Waals surface area contributed by atoms with Crippen LogP contribution < -0.4 is 5.73 Å². The van der Waals surface area contributed by atoms with Crippen molar-refractivity contribution >= 4 is 11.5 Å². The number of rotatable bonds is 1. The second-order valence-corrected chi connectivity index (χ2v) is 6.02. The molecule has 0 saturated carbocycles. The average molecular weight is 232 g/mol. The number of nitrogens with two attached hydrogens (primary N) is 1. The Bertz CT molecular complexity index is 546. The lowest BCUT2D eigenvalue weighted by Crippen LogP contribution is -2.35. The second-order valence-electron chi connectivity index (χ2n) is 6.02. The predicted octanol–water partition coefficient (Wildman–Crippen LogP) is 2.64. The van der Waals surface area contributed by atoms with E-state index in [1.807, 2.05) is 16.8 Å². The Hall–Kier alpha value is -1.58. The Balaban J connectivity index is 2.69. The molecule has 17 heavy (non-hydrogen) atoms. The third-order valence-corrected chi connectivity index (χ3v) is 3.97. The van der Waals surface area contributed by atoms with Crippen LogP contribution in [-0.4, -0.2) is 14.4 Å². The minimum atomic E-state index is 0.000208. The van der Waals surface area contributed by atoms with E-state index in [0.29, 0.717) is 5.82 Å². The van der Waals surface area contributed by atoms with Crippen LogP contribution in [-0.2, 0) is 5.41 Å². The number of hydrogen-bond donors (Lipinski definition) is 1. The summed E-state index contributed by atoms with van der Waals surface area (Å²) in [5, 5.41) is 0. The van der Waals surface area contributed by atoms with Gasteiger partial charge in [0.1, 0.15) is 0 Å². The molecule has 0 aliphatic carbocycles. The van der Waals surface area contributed by atoms with Gasteiger partial charge in [-0.3, -0.25) is 4.40 Å². The van der Waals surface area contributed by atoms with E-state index in [4.69, 9.17) is 5.73 Å². The van der Waals surface area contributed by atoms with Gasteiger partial charge in [-0.25, -0.2) is 9.97 Å². The molecular formula is C13H20N4. The Kier molecular flexibility index (Phi) is 2.42. The predicted molar refractivity (Wildman–Crippen MR) is 69.9 cm³/mol. The molecule has 0 bridgehead atoms. The van der Waals surface area contributed by atoms with E-state index in [0.717, 1.165) is 11.3 Å². The number of hydrogen-bond acceptors (Lipinski definition) is 3. The van der Waals surface area contributed by atoms with Crippen LogP contribution in [0.5, 0.6) is 0 Å². The minimum Gasteiger partial charge on any atom is -0.381 e. The molecule has 0 aliphatic heterocycles. The summed E-state index contributed by atoms with van der Waals surface area (Å²) in [5.41, 5.74) is 7.86. The van der Waals surface area contributed by atoms with Crippen molar-refractivity contribution in [2.24, 2.45) is 5.41 Å². The van der Waals surface area contributed by atoms with E-state index in [9.17, 15) is 0 Å². The maximum Gasteiger partial charge on any atom is 0.180 e. The number of fused-ring (bicyclic) bond motifs is 1. The Morgan fingerprint density at radius 3 is 2.35 bits per heavy atom. The number of nitrogens with zero attached hydrogens (tertiary/aromatic N) is 3. The first-order valence-electron chi connectivity index (χ1n) is 5.83. The summed E-state index contributed by atoms with van der Waals surface area (Å²) < 4.78 is 2.04.